The average molecular weight is 278 g/mol. The quantitative estimate of drug-likeness (QED) is 0.897. The molecule has 1 aromatic carbocycles. The van der Waals surface area contributed by atoms with E-state index < -0.39 is 0 Å². The molecule has 2 rings (SSSR count). The highest BCUT2D eigenvalue weighted by molar-refractivity contribution is 5.78. The molecule has 1 heterocycles. The molecule has 0 atom stereocenters. The van der Waals surface area contributed by atoms with Crippen LogP contribution in [0.5, 0.6) is 5.75 Å². The summed E-state index contributed by atoms with van der Waals surface area (Å²) >= 11 is 0. The molecule has 1 saturated heterocycles. The number of nitrogens with zero attached hydrogens (tertiary/aromatic N) is 1. The Morgan fingerprint density at radius 3 is 2.70 bits per heavy atom. The Kier molecular flexibility index (Phi) is 4.62. The van der Waals surface area contributed by atoms with E-state index in [1.54, 1.807) is 4.90 Å². The number of nitrogens with two attached hydrogens (primary N) is 1. The maximum atomic E-state index is 12.1. The molecule has 0 spiro atoms. The second-order valence-corrected chi connectivity index (χ2v) is 5.56. The van der Waals surface area contributed by atoms with Crippen molar-refractivity contribution in [3.8, 4) is 5.75 Å². The van der Waals surface area contributed by atoms with Gasteiger partial charge in [0, 0.05) is 19.6 Å². The van der Waals surface area contributed by atoms with Crippen LogP contribution in [-0.4, -0.2) is 42.7 Å². The van der Waals surface area contributed by atoms with Gasteiger partial charge >= 0.3 is 0 Å². The van der Waals surface area contributed by atoms with Crippen LogP contribution in [0.15, 0.2) is 24.3 Å². The van der Waals surface area contributed by atoms with Gasteiger partial charge in [-0.2, -0.15) is 0 Å². The lowest BCUT2D eigenvalue weighted by molar-refractivity contribution is -0.147. The van der Waals surface area contributed by atoms with Crippen molar-refractivity contribution in [2.45, 2.75) is 26.0 Å². The van der Waals surface area contributed by atoms with E-state index in [-0.39, 0.29) is 18.1 Å². The van der Waals surface area contributed by atoms with E-state index in [2.05, 4.69) is 0 Å². The second kappa shape index (κ2) is 6.24. The van der Waals surface area contributed by atoms with Crippen molar-refractivity contribution >= 4 is 5.91 Å². The van der Waals surface area contributed by atoms with Crippen molar-refractivity contribution in [1.29, 1.82) is 0 Å². The molecule has 0 radical (unpaired) electrons. The van der Waals surface area contributed by atoms with Gasteiger partial charge in [-0.3, -0.25) is 4.79 Å². The molecule has 1 aliphatic rings. The number of morpholine rings is 1. The van der Waals surface area contributed by atoms with Crippen LogP contribution in [0.4, 0.5) is 0 Å². The lowest BCUT2D eigenvalue weighted by atomic mass is 10.1. The first kappa shape index (κ1) is 14.8. The zero-order valence-electron chi connectivity index (χ0n) is 12.1. The largest absolute Gasteiger partial charge is 0.484 e. The zero-order chi connectivity index (χ0) is 14.6. The van der Waals surface area contributed by atoms with Crippen LogP contribution in [0.25, 0.3) is 0 Å². The maximum absolute atomic E-state index is 12.1. The number of rotatable bonds is 4. The van der Waals surface area contributed by atoms with Gasteiger partial charge in [0.15, 0.2) is 6.61 Å². The summed E-state index contributed by atoms with van der Waals surface area (Å²) in [6, 6.07) is 7.47. The Bertz CT molecular complexity index is 457. The minimum atomic E-state index is -0.281. The van der Waals surface area contributed by atoms with Crippen molar-refractivity contribution in [3.63, 3.8) is 0 Å². The Morgan fingerprint density at radius 1 is 1.40 bits per heavy atom. The van der Waals surface area contributed by atoms with Gasteiger partial charge in [-0.05, 0) is 31.5 Å². The predicted molar refractivity (Wildman–Crippen MR) is 76.4 cm³/mol. The van der Waals surface area contributed by atoms with Crippen molar-refractivity contribution < 1.29 is 14.3 Å². The first-order valence-corrected chi connectivity index (χ1v) is 6.84. The minimum Gasteiger partial charge on any atom is -0.484 e. The number of benzene rings is 1. The lowest BCUT2D eigenvalue weighted by Crippen LogP contribution is -2.51. The fourth-order valence-corrected chi connectivity index (χ4v) is 2.19. The van der Waals surface area contributed by atoms with Crippen LogP contribution >= 0.6 is 0 Å². The number of amides is 1. The summed E-state index contributed by atoms with van der Waals surface area (Å²) in [5.41, 5.74) is 6.29. The number of ether oxygens (including phenoxy) is 2. The van der Waals surface area contributed by atoms with Gasteiger partial charge in [0.05, 0.1) is 12.2 Å². The standard InChI is InChI=1S/C15H22N2O3/c1-15(2)11-17(7-8-20-15)14(18)10-19-13-5-3-12(9-16)4-6-13/h3-6H,7-11,16H2,1-2H3. The zero-order valence-corrected chi connectivity index (χ0v) is 12.1. The first-order valence-electron chi connectivity index (χ1n) is 6.84. The summed E-state index contributed by atoms with van der Waals surface area (Å²) in [6.07, 6.45) is 0. The molecular formula is C15H22N2O3. The minimum absolute atomic E-state index is 0.00993. The third kappa shape index (κ3) is 3.95. The molecule has 1 fully saturated rings. The van der Waals surface area contributed by atoms with Crippen molar-refractivity contribution in [1.82, 2.24) is 4.90 Å². The molecular weight excluding hydrogens is 256 g/mol. The van der Waals surface area contributed by atoms with Crippen LogP contribution in [0.1, 0.15) is 19.4 Å². The van der Waals surface area contributed by atoms with E-state index in [1.165, 1.54) is 0 Å². The van der Waals surface area contributed by atoms with E-state index in [9.17, 15) is 4.79 Å². The molecule has 20 heavy (non-hydrogen) atoms. The second-order valence-electron chi connectivity index (χ2n) is 5.56. The topological polar surface area (TPSA) is 64.8 Å². The molecule has 2 N–H and O–H groups in total. The number of hydrogen-bond donors (Lipinski definition) is 1. The smallest absolute Gasteiger partial charge is 0.260 e. The Balaban J connectivity index is 1.85. The molecule has 1 aromatic rings. The third-order valence-electron chi connectivity index (χ3n) is 3.30. The Labute approximate surface area is 119 Å². The highest BCUT2D eigenvalue weighted by atomic mass is 16.5. The van der Waals surface area contributed by atoms with Gasteiger partial charge < -0.3 is 20.1 Å². The van der Waals surface area contributed by atoms with Gasteiger partial charge in [-0.15, -0.1) is 0 Å². The van der Waals surface area contributed by atoms with Crippen molar-refractivity contribution in [3.05, 3.63) is 29.8 Å². The van der Waals surface area contributed by atoms with Crippen LogP contribution in [-0.2, 0) is 16.1 Å². The fraction of sp³-hybridized carbons (Fsp3) is 0.533. The normalized spacial score (nSPS) is 17.9. The van der Waals surface area contributed by atoms with Crippen molar-refractivity contribution in [2.24, 2.45) is 5.73 Å². The van der Waals surface area contributed by atoms with Crippen LogP contribution in [0.2, 0.25) is 0 Å². The van der Waals surface area contributed by atoms with E-state index >= 15 is 0 Å². The van der Waals surface area contributed by atoms with Gasteiger partial charge in [0.25, 0.3) is 5.91 Å². The van der Waals surface area contributed by atoms with Gasteiger partial charge in [0.1, 0.15) is 5.75 Å². The molecule has 0 aliphatic carbocycles. The Morgan fingerprint density at radius 2 is 2.10 bits per heavy atom. The van der Waals surface area contributed by atoms with E-state index in [4.69, 9.17) is 15.2 Å². The van der Waals surface area contributed by atoms with Crippen LogP contribution in [0, 0.1) is 0 Å². The van der Waals surface area contributed by atoms with E-state index in [1.807, 2.05) is 38.1 Å². The SMILES string of the molecule is CC1(C)CN(C(=O)COc2ccc(CN)cc2)CCO1. The molecule has 1 amide bonds. The van der Waals surface area contributed by atoms with Gasteiger partial charge in [0.2, 0.25) is 0 Å². The molecule has 0 unspecified atom stereocenters. The number of carbonyl (C=O) groups excluding carboxylic acids is 1. The van der Waals surface area contributed by atoms with Gasteiger partial charge in [-0.1, -0.05) is 12.1 Å². The van der Waals surface area contributed by atoms with Crippen LogP contribution < -0.4 is 10.5 Å². The molecule has 1 aliphatic heterocycles. The third-order valence-corrected chi connectivity index (χ3v) is 3.30. The first-order chi connectivity index (χ1) is 9.50. The highest BCUT2D eigenvalue weighted by Gasteiger charge is 2.29. The molecule has 5 heteroatoms. The molecule has 5 nitrogen and oxygen atoms in total. The predicted octanol–water partition coefficient (Wildman–Crippen LogP) is 1.16. The summed E-state index contributed by atoms with van der Waals surface area (Å²) < 4.78 is 11.1. The van der Waals surface area contributed by atoms with E-state index in [0.29, 0.717) is 32.0 Å². The van der Waals surface area contributed by atoms with Crippen LogP contribution in [0.3, 0.4) is 0 Å². The highest BCUT2D eigenvalue weighted by Crippen LogP contribution is 2.17. The molecule has 0 saturated carbocycles. The van der Waals surface area contributed by atoms with Gasteiger partial charge in [-0.25, -0.2) is 0 Å². The summed E-state index contributed by atoms with van der Waals surface area (Å²) in [6.45, 7) is 6.32. The summed E-state index contributed by atoms with van der Waals surface area (Å²) in [5.74, 6) is 0.673. The maximum Gasteiger partial charge on any atom is 0.260 e. The lowest BCUT2D eigenvalue weighted by Gasteiger charge is -2.38. The number of carbonyl (C=O) groups is 1. The fourth-order valence-electron chi connectivity index (χ4n) is 2.19. The Hall–Kier alpha value is -1.59. The summed E-state index contributed by atoms with van der Waals surface area (Å²) in [5, 5.41) is 0. The van der Waals surface area contributed by atoms with E-state index in [0.717, 1.165) is 5.56 Å². The summed E-state index contributed by atoms with van der Waals surface area (Å²) in [7, 11) is 0. The number of hydrogen-bond acceptors (Lipinski definition) is 4. The molecule has 0 bridgehead atoms. The summed E-state index contributed by atoms with van der Waals surface area (Å²) in [4.78, 5) is 13.9. The van der Waals surface area contributed by atoms with Crippen molar-refractivity contribution in [2.75, 3.05) is 26.3 Å². The monoisotopic (exact) mass is 278 g/mol. The average Bonchev–Trinajstić information content (AvgIpc) is 2.44. The molecule has 110 valence electrons. The molecule has 0 aromatic heterocycles.